The highest BCUT2D eigenvalue weighted by Gasteiger charge is 2.36. The molecule has 2 aromatic rings. The number of aryl methyl sites for hydroxylation is 2. The van der Waals surface area contributed by atoms with Gasteiger partial charge in [0.2, 0.25) is 15.9 Å². The summed E-state index contributed by atoms with van der Waals surface area (Å²) in [6, 6.07) is 5.44. The van der Waals surface area contributed by atoms with Crippen molar-refractivity contribution in [2.75, 3.05) is 18.4 Å². The first-order valence-electron chi connectivity index (χ1n) is 8.28. The Bertz CT molecular complexity index is 889. The number of nitrogens with zero attached hydrogens (tertiary/aromatic N) is 2. The van der Waals surface area contributed by atoms with Crippen molar-refractivity contribution in [3.8, 4) is 0 Å². The van der Waals surface area contributed by atoms with Crippen molar-refractivity contribution in [3.05, 3.63) is 41.5 Å². The molecule has 0 radical (unpaired) electrons. The maximum atomic E-state index is 13.0. The fraction of sp³-hybridized carbons (Fsp3) is 0.412. The lowest BCUT2D eigenvalue weighted by molar-refractivity contribution is -0.120. The summed E-state index contributed by atoms with van der Waals surface area (Å²) in [6.07, 6.45) is 1.16. The van der Waals surface area contributed by atoms with Gasteiger partial charge in [-0.3, -0.25) is 4.79 Å². The van der Waals surface area contributed by atoms with Gasteiger partial charge in [0.05, 0.1) is 5.92 Å². The minimum absolute atomic E-state index is 0.0668. The van der Waals surface area contributed by atoms with Crippen LogP contribution in [0.5, 0.6) is 0 Å². The van der Waals surface area contributed by atoms with Gasteiger partial charge < -0.3 is 9.84 Å². The zero-order chi connectivity index (χ0) is 18.9. The lowest BCUT2D eigenvalue weighted by Gasteiger charge is -2.31. The van der Waals surface area contributed by atoms with Crippen molar-refractivity contribution in [1.29, 1.82) is 0 Å². The first-order valence-corrected chi connectivity index (χ1v) is 9.72. The maximum Gasteiger partial charge on any atom is 0.248 e. The first-order chi connectivity index (χ1) is 12.3. The van der Waals surface area contributed by atoms with Gasteiger partial charge in [-0.2, -0.15) is 4.31 Å². The molecule has 1 amide bonds. The van der Waals surface area contributed by atoms with Crippen LogP contribution in [0.1, 0.15) is 24.3 Å². The third-order valence-electron chi connectivity index (χ3n) is 4.43. The minimum Gasteiger partial charge on any atom is -0.360 e. The average molecular weight is 381 g/mol. The highest BCUT2D eigenvalue weighted by atomic mass is 32.2. The molecule has 0 bridgehead atoms. The van der Waals surface area contributed by atoms with Crippen LogP contribution in [0.3, 0.4) is 0 Å². The number of amides is 1. The summed E-state index contributed by atoms with van der Waals surface area (Å²) >= 11 is 0. The normalized spacial score (nSPS) is 18.7. The summed E-state index contributed by atoms with van der Waals surface area (Å²) in [6.45, 7) is 3.55. The summed E-state index contributed by atoms with van der Waals surface area (Å²) in [5, 5.41) is 6.41. The van der Waals surface area contributed by atoms with Crippen LogP contribution in [-0.4, -0.2) is 36.9 Å². The lowest BCUT2D eigenvalue weighted by Crippen LogP contribution is -2.43. The third-order valence-corrected chi connectivity index (χ3v) is 6.54. The molecule has 26 heavy (non-hydrogen) atoms. The molecule has 1 aliphatic heterocycles. The molecule has 140 valence electrons. The summed E-state index contributed by atoms with van der Waals surface area (Å²) in [5.74, 6) is -0.919. The van der Waals surface area contributed by atoms with E-state index in [1.54, 1.807) is 13.8 Å². The van der Waals surface area contributed by atoms with E-state index in [2.05, 4.69) is 10.5 Å². The van der Waals surface area contributed by atoms with E-state index < -0.39 is 21.8 Å². The number of anilines is 1. The van der Waals surface area contributed by atoms with Crippen LogP contribution in [0.25, 0.3) is 0 Å². The van der Waals surface area contributed by atoms with Gasteiger partial charge in [-0.25, -0.2) is 12.8 Å². The van der Waals surface area contributed by atoms with Gasteiger partial charge >= 0.3 is 0 Å². The Labute approximate surface area is 151 Å². The molecular weight excluding hydrogens is 361 g/mol. The number of carbonyl (C=O) groups excluding carboxylic acids is 1. The van der Waals surface area contributed by atoms with E-state index in [0.29, 0.717) is 30.8 Å². The van der Waals surface area contributed by atoms with Crippen molar-refractivity contribution < 1.29 is 22.1 Å². The fourth-order valence-corrected chi connectivity index (χ4v) is 4.94. The standard InChI is InChI=1S/C17H20FN3O4S/c1-11-16(12(2)25-20-11)26(23,24)21-9-3-4-13(10-21)17(22)19-15-7-5-14(18)6-8-15/h5-8,13H,3-4,9-10H2,1-2H3,(H,19,22). The predicted molar refractivity (Wildman–Crippen MR) is 92.5 cm³/mol. The summed E-state index contributed by atoms with van der Waals surface area (Å²) in [7, 11) is -3.78. The molecule has 9 heteroatoms. The van der Waals surface area contributed by atoms with E-state index in [-0.39, 0.29) is 23.1 Å². The summed E-state index contributed by atoms with van der Waals surface area (Å²) < 4.78 is 45.0. The van der Waals surface area contributed by atoms with Crippen LogP contribution in [0.4, 0.5) is 10.1 Å². The molecule has 0 spiro atoms. The van der Waals surface area contributed by atoms with Crippen LogP contribution < -0.4 is 5.32 Å². The van der Waals surface area contributed by atoms with Crippen molar-refractivity contribution >= 4 is 21.6 Å². The Morgan fingerprint density at radius 1 is 1.31 bits per heavy atom. The Morgan fingerprint density at radius 3 is 2.62 bits per heavy atom. The Morgan fingerprint density at radius 2 is 2.00 bits per heavy atom. The van der Waals surface area contributed by atoms with E-state index in [1.807, 2.05) is 0 Å². The van der Waals surface area contributed by atoms with Crippen molar-refractivity contribution in [2.45, 2.75) is 31.6 Å². The molecular formula is C17H20FN3O4S. The van der Waals surface area contributed by atoms with E-state index in [4.69, 9.17) is 4.52 Å². The molecule has 1 N–H and O–H groups in total. The number of sulfonamides is 1. The Kier molecular flexibility index (Phi) is 5.10. The monoisotopic (exact) mass is 381 g/mol. The van der Waals surface area contributed by atoms with E-state index in [1.165, 1.54) is 28.6 Å². The number of nitrogens with one attached hydrogen (secondary N) is 1. The van der Waals surface area contributed by atoms with Crippen LogP contribution in [0, 0.1) is 25.6 Å². The molecule has 1 fully saturated rings. The quantitative estimate of drug-likeness (QED) is 0.878. The van der Waals surface area contributed by atoms with Crippen molar-refractivity contribution in [1.82, 2.24) is 9.46 Å². The van der Waals surface area contributed by atoms with Gasteiger partial charge in [0, 0.05) is 18.8 Å². The number of benzene rings is 1. The summed E-state index contributed by atoms with van der Waals surface area (Å²) in [4.78, 5) is 12.6. The molecule has 1 atom stereocenters. The summed E-state index contributed by atoms with van der Waals surface area (Å²) in [5.41, 5.74) is 0.780. The molecule has 0 saturated carbocycles. The number of halogens is 1. The van der Waals surface area contributed by atoms with E-state index in [0.717, 1.165) is 0 Å². The molecule has 1 aromatic heterocycles. The van der Waals surface area contributed by atoms with Gasteiger partial charge in [-0.1, -0.05) is 5.16 Å². The zero-order valence-electron chi connectivity index (χ0n) is 14.5. The molecule has 1 saturated heterocycles. The molecule has 3 rings (SSSR count). The molecule has 7 nitrogen and oxygen atoms in total. The molecule has 2 heterocycles. The largest absolute Gasteiger partial charge is 0.360 e. The predicted octanol–water partition coefficient (Wildman–Crippen LogP) is 2.47. The van der Waals surface area contributed by atoms with Gasteiger partial charge in [0.1, 0.15) is 16.4 Å². The smallest absolute Gasteiger partial charge is 0.248 e. The second-order valence-corrected chi connectivity index (χ2v) is 8.23. The maximum absolute atomic E-state index is 13.0. The second kappa shape index (κ2) is 7.16. The van der Waals surface area contributed by atoms with Crippen LogP contribution in [-0.2, 0) is 14.8 Å². The number of rotatable bonds is 4. The molecule has 1 unspecified atom stereocenters. The highest BCUT2D eigenvalue weighted by Crippen LogP contribution is 2.28. The Balaban J connectivity index is 1.74. The molecule has 1 aliphatic rings. The number of carbonyl (C=O) groups is 1. The van der Waals surface area contributed by atoms with Crippen LogP contribution in [0.2, 0.25) is 0 Å². The van der Waals surface area contributed by atoms with Crippen molar-refractivity contribution in [3.63, 3.8) is 0 Å². The second-order valence-electron chi connectivity index (χ2n) is 6.35. The number of hydrogen-bond acceptors (Lipinski definition) is 5. The number of hydrogen-bond donors (Lipinski definition) is 1. The fourth-order valence-electron chi connectivity index (χ4n) is 3.12. The van der Waals surface area contributed by atoms with Gasteiger partial charge in [-0.05, 0) is 51.0 Å². The van der Waals surface area contributed by atoms with E-state index in [9.17, 15) is 17.6 Å². The number of aromatic nitrogens is 1. The average Bonchev–Trinajstić information content (AvgIpc) is 2.96. The van der Waals surface area contributed by atoms with Gasteiger partial charge in [-0.15, -0.1) is 0 Å². The Hall–Kier alpha value is -2.26. The SMILES string of the molecule is Cc1noc(C)c1S(=O)(=O)N1CCCC(C(=O)Nc2ccc(F)cc2)C1. The molecule has 0 aliphatic carbocycles. The van der Waals surface area contributed by atoms with Crippen LogP contribution >= 0.6 is 0 Å². The lowest BCUT2D eigenvalue weighted by atomic mass is 9.99. The van der Waals surface area contributed by atoms with Gasteiger partial charge in [0.15, 0.2) is 5.76 Å². The van der Waals surface area contributed by atoms with Crippen LogP contribution in [0.15, 0.2) is 33.7 Å². The van der Waals surface area contributed by atoms with Crippen molar-refractivity contribution in [2.24, 2.45) is 5.92 Å². The van der Waals surface area contributed by atoms with E-state index >= 15 is 0 Å². The zero-order valence-corrected chi connectivity index (χ0v) is 15.3. The number of piperidine rings is 1. The van der Waals surface area contributed by atoms with Gasteiger partial charge in [0.25, 0.3) is 0 Å². The first kappa shape index (κ1) is 18.5. The minimum atomic E-state index is -3.78. The highest BCUT2D eigenvalue weighted by molar-refractivity contribution is 7.89. The topological polar surface area (TPSA) is 92.5 Å². The molecule has 1 aromatic carbocycles. The third kappa shape index (κ3) is 3.63.